The molecule has 2 aliphatic rings. The van der Waals surface area contributed by atoms with Gasteiger partial charge in [-0.2, -0.15) is 21.6 Å². The van der Waals surface area contributed by atoms with E-state index in [1.807, 2.05) is 0 Å². The largest absolute Gasteiger partial charge is 0.460 e. The lowest BCUT2D eigenvalue weighted by atomic mass is 9.73. The molecule has 0 aromatic heterocycles. The maximum Gasteiger partial charge on any atom is 0.405 e. The van der Waals surface area contributed by atoms with E-state index in [-0.39, 0.29) is 18.3 Å². The molecule has 0 amide bonds. The first-order chi connectivity index (χ1) is 12.1. The predicted molar refractivity (Wildman–Crippen MR) is 93.2 cm³/mol. The SMILES string of the molecule is CC1C2CC(C(CC(=O)OC(C)(C)C)OS(=O)(=O)CC(F)(F)F)C(C2)C1C. The van der Waals surface area contributed by atoms with Crippen LogP contribution in [-0.2, 0) is 23.8 Å². The van der Waals surface area contributed by atoms with Crippen LogP contribution in [0.5, 0.6) is 0 Å². The summed E-state index contributed by atoms with van der Waals surface area (Å²) in [6, 6.07) is 0. The molecule has 0 aromatic rings. The Hall–Kier alpha value is -0.830. The predicted octanol–water partition coefficient (Wildman–Crippen LogP) is 3.92. The molecular weight excluding hydrogens is 385 g/mol. The van der Waals surface area contributed by atoms with Crippen molar-refractivity contribution in [3.63, 3.8) is 0 Å². The summed E-state index contributed by atoms with van der Waals surface area (Å²) in [4.78, 5) is 12.2. The van der Waals surface area contributed by atoms with Crippen molar-refractivity contribution in [1.82, 2.24) is 0 Å². The first kappa shape index (κ1) is 22.5. The minimum Gasteiger partial charge on any atom is -0.460 e. The Morgan fingerprint density at radius 3 is 2.15 bits per heavy atom. The molecule has 2 rings (SSSR count). The number of halogens is 3. The maximum absolute atomic E-state index is 12.6. The second-order valence-corrected chi connectivity index (χ2v) is 10.6. The van der Waals surface area contributed by atoms with Gasteiger partial charge in [-0.05, 0) is 63.2 Å². The summed E-state index contributed by atoms with van der Waals surface area (Å²) in [7, 11) is -4.85. The Balaban J connectivity index is 2.18. The van der Waals surface area contributed by atoms with Gasteiger partial charge in [-0.3, -0.25) is 8.98 Å². The molecule has 0 N–H and O–H groups in total. The fraction of sp³-hybridized carbons (Fsp3) is 0.944. The highest BCUT2D eigenvalue weighted by Crippen LogP contribution is 2.56. The van der Waals surface area contributed by atoms with Crippen molar-refractivity contribution >= 4 is 16.1 Å². The third-order valence-corrected chi connectivity index (χ3v) is 7.05. The van der Waals surface area contributed by atoms with Gasteiger partial charge < -0.3 is 4.74 Å². The normalized spacial score (nSPS) is 32.5. The number of carbonyl (C=O) groups excluding carboxylic acids is 1. The van der Waals surface area contributed by atoms with Crippen molar-refractivity contribution in [2.24, 2.45) is 29.6 Å². The highest BCUT2D eigenvalue weighted by Gasteiger charge is 2.52. The number of rotatable bonds is 6. The van der Waals surface area contributed by atoms with Crippen molar-refractivity contribution < 1.29 is 35.3 Å². The molecule has 0 radical (unpaired) electrons. The summed E-state index contributed by atoms with van der Waals surface area (Å²) in [5.74, 6) is -1.69. The zero-order valence-electron chi connectivity index (χ0n) is 16.4. The Labute approximate surface area is 159 Å². The number of hydrogen-bond donors (Lipinski definition) is 0. The molecule has 2 fully saturated rings. The van der Waals surface area contributed by atoms with Crippen molar-refractivity contribution in [1.29, 1.82) is 0 Å². The molecule has 27 heavy (non-hydrogen) atoms. The summed E-state index contributed by atoms with van der Waals surface area (Å²) in [5.41, 5.74) is -0.775. The number of fused-ring (bicyclic) bond motifs is 2. The van der Waals surface area contributed by atoms with E-state index in [4.69, 9.17) is 8.92 Å². The van der Waals surface area contributed by atoms with E-state index >= 15 is 0 Å². The van der Waals surface area contributed by atoms with E-state index in [0.29, 0.717) is 24.2 Å². The number of alkyl halides is 3. The van der Waals surface area contributed by atoms with Crippen LogP contribution >= 0.6 is 0 Å². The van der Waals surface area contributed by atoms with Crippen molar-refractivity contribution in [2.45, 2.75) is 71.8 Å². The van der Waals surface area contributed by atoms with Crippen LogP contribution in [0.2, 0.25) is 0 Å². The first-order valence-electron chi connectivity index (χ1n) is 9.27. The summed E-state index contributed by atoms with van der Waals surface area (Å²) < 4.78 is 71.8. The lowest BCUT2D eigenvalue weighted by Gasteiger charge is -2.36. The molecule has 158 valence electrons. The van der Waals surface area contributed by atoms with Crippen LogP contribution in [0.1, 0.15) is 53.9 Å². The Morgan fingerprint density at radius 2 is 1.70 bits per heavy atom. The van der Waals surface area contributed by atoms with Crippen molar-refractivity contribution in [3.05, 3.63) is 0 Å². The van der Waals surface area contributed by atoms with E-state index in [9.17, 15) is 26.4 Å². The molecule has 2 saturated carbocycles. The molecule has 0 spiro atoms. The van der Waals surface area contributed by atoms with Crippen LogP contribution in [-0.4, -0.2) is 38.0 Å². The number of ether oxygens (including phenoxy) is 1. The van der Waals surface area contributed by atoms with Gasteiger partial charge in [0, 0.05) is 0 Å². The smallest absolute Gasteiger partial charge is 0.405 e. The van der Waals surface area contributed by atoms with Gasteiger partial charge in [0.25, 0.3) is 10.1 Å². The molecule has 0 aromatic carbocycles. The average Bonchev–Trinajstić information content (AvgIpc) is 2.94. The third kappa shape index (κ3) is 6.07. The molecule has 0 saturated heterocycles. The van der Waals surface area contributed by atoms with Crippen molar-refractivity contribution in [3.8, 4) is 0 Å². The standard InChI is InChI=1S/C18H29F3O5S/c1-10-11(2)13-6-12(10)7-14(13)15(8-16(22)25-17(3,4)5)26-27(23,24)9-18(19,20)21/h10-15H,6-9H2,1-5H3. The van der Waals surface area contributed by atoms with E-state index in [2.05, 4.69) is 13.8 Å². The lowest BCUT2D eigenvalue weighted by Crippen LogP contribution is -2.39. The molecule has 6 unspecified atom stereocenters. The molecule has 0 heterocycles. The minimum atomic E-state index is -4.90. The summed E-state index contributed by atoms with van der Waals surface area (Å²) in [6.07, 6.45) is -4.85. The van der Waals surface area contributed by atoms with Crippen LogP contribution in [0.25, 0.3) is 0 Å². The highest BCUT2D eigenvalue weighted by molar-refractivity contribution is 7.86. The van der Waals surface area contributed by atoms with E-state index in [1.165, 1.54) is 0 Å². The molecule has 9 heteroatoms. The maximum atomic E-state index is 12.6. The fourth-order valence-electron chi connectivity index (χ4n) is 4.65. The van der Waals surface area contributed by atoms with Gasteiger partial charge in [0.1, 0.15) is 5.60 Å². The number of hydrogen-bond acceptors (Lipinski definition) is 5. The molecular formula is C18H29F3O5S. The van der Waals surface area contributed by atoms with Crippen LogP contribution in [0.4, 0.5) is 13.2 Å². The van der Waals surface area contributed by atoms with E-state index in [1.54, 1.807) is 20.8 Å². The topological polar surface area (TPSA) is 69.7 Å². The second kappa shape index (κ2) is 7.54. The zero-order valence-corrected chi connectivity index (χ0v) is 17.2. The number of carbonyl (C=O) groups is 1. The van der Waals surface area contributed by atoms with Crippen LogP contribution < -0.4 is 0 Å². The lowest BCUT2D eigenvalue weighted by molar-refractivity contribution is -0.157. The van der Waals surface area contributed by atoms with Crippen LogP contribution in [0.3, 0.4) is 0 Å². The zero-order chi connectivity index (χ0) is 20.8. The van der Waals surface area contributed by atoms with Gasteiger partial charge in [0.15, 0.2) is 5.75 Å². The van der Waals surface area contributed by atoms with E-state index in [0.717, 1.165) is 6.42 Å². The highest BCUT2D eigenvalue weighted by atomic mass is 32.2. The van der Waals surface area contributed by atoms with Gasteiger partial charge in [-0.1, -0.05) is 13.8 Å². The number of esters is 1. The fourth-order valence-corrected chi connectivity index (χ4v) is 5.71. The summed E-state index contributed by atoms with van der Waals surface area (Å²) in [5, 5.41) is 0. The third-order valence-electron chi connectivity index (χ3n) is 5.82. The van der Waals surface area contributed by atoms with Gasteiger partial charge in [-0.15, -0.1) is 0 Å². The molecule has 6 atom stereocenters. The van der Waals surface area contributed by atoms with Gasteiger partial charge in [-0.25, -0.2) is 0 Å². The van der Waals surface area contributed by atoms with Gasteiger partial charge >= 0.3 is 12.1 Å². The van der Waals surface area contributed by atoms with Crippen molar-refractivity contribution in [2.75, 3.05) is 5.75 Å². The molecule has 5 nitrogen and oxygen atoms in total. The second-order valence-electron chi connectivity index (χ2n) is 9.02. The first-order valence-corrected chi connectivity index (χ1v) is 10.9. The molecule has 2 aliphatic carbocycles. The van der Waals surface area contributed by atoms with Crippen LogP contribution in [0, 0.1) is 29.6 Å². The van der Waals surface area contributed by atoms with Gasteiger partial charge in [0.05, 0.1) is 12.5 Å². The Bertz CT molecular complexity index is 651. The monoisotopic (exact) mass is 414 g/mol. The molecule has 0 aliphatic heterocycles. The summed E-state index contributed by atoms with van der Waals surface area (Å²) in [6.45, 7) is 9.21. The average molecular weight is 414 g/mol. The van der Waals surface area contributed by atoms with E-state index < -0.39 is 39.7 Å². The minimum absolute atomic E-state index is 0.138. The van der Waals surface area contributed by atoms with Crippen LogP contribution in [0.15, 0.2) is 0 Å². The quantitative estimate of drug-likeness (QED) is 0.487. The summed E-state index contributed by atoms with van der Waals surface area (Å²) >= 11 is 0. The Kier molecular flexibility index (Phi) is 6.27. The molecule has 2 bridgehead atoms. The Morgan fingerprint density at radius 1 is 1.11 bits per heavy atom. The van der Waals surface area contributed by atoms with Gasteiger partial charge in [0.2, 0.25) is 0 Å².